The number of ketones is 1. The van der Waals surface area contributed by atoms with Gasteiger partial charge in [0.05, 0.1) is 6.54 Å². The van der Waals surface area contributed by atoms with E-state index in [1.54, 1.807) is 0 Å². The normalized spacial score (nSPS) is 10.7. The third kappa shape index (κ3) is 6.97. The molecule has 3 heteroatoms. The van der Waals surface area contributed by atoms with Gasteiger partial charge in [-0.15, -0.1) is 0 Å². The highest BCUT2D eigenvalue weighted by Gasteiger charge is 2.04. The molecule has 0 bridgehead atoms. The summed E-state index contributed by atoms with van der Waals surface area (Å²) in [6.45, 7) is 6.72. The van der Waals surface area contributed by atoms with Crippen molar-refractivity contribution in [2.45, 2.75) is 46.1 Å². The monoisotopic (exact) mass is 263 g/mol. The van der Waals surface area contributed by atoms with Crippen LogP contribution in [0.2, 0.25) is 0 Å². The molecule has 0 atom stereocenters. The summed E-state index contributed by atoms with van der Waals surface area (Å²) in [5.41, 5.74) is 1.32. The van der Waals surface area contributed by atoms with Crippen molar-refractivity contribution < 1.29 is 9.53 Å². The van der Waals surface area contributed by atoms with E-state index in [0.717, 1.165) is 12.2 Å². The quantitative estimate of drug-likeness (QED) is 0.744. The Kier molecular flexibility index (Phi) is 7.19. The number of unbranched alkanes of at least 4 members (excludes halogenated alkanes) is 1. The third-order valence-corrected chi connectivity index (χ3v) is 2.85. The lowest BCUT2D eigenvalue weighted by Crippen LogP contribution is -2.31. The molecular weight excluding hydrogens is 238 g/mol. The van der Waals surface area contributed by atoms with Crippen molar-refractivity contribution in [2.24, 2.45) is 0 Å². The van der Waals surface area contributed by atoms with Crippen LogP contribution in [0.3, 0.4) is 0 Å². The van der Waals surface area contributed by atoms with E-state index in [9.17, 15) is 4.79 Å². The van der Waals surface area contributed by atoms with Crippen molar-refractivity contribution >= 4 is 5.78 Å². The predicted octanol–water partition coefficient (Wildman–Crippen LogP) is 2.98. The van der Waals surface area contributed by atoms with E-state index >= 15 is 0 Å². The van der Waals surface area contributed by atoms with Crippen LogP contribution in [-0.4, -0.2) is 25.0 Å². The molecule has 0 fully saturated rings. The molecule has 3 nitrogen and oxygen atoms in total. The second kappa shape index (κ2) is 8.70. The van der Waals surface area contributed by atoms with E-state index in [1.165, 1.54) is 18.4 Å². The Morgan fingerprint density at radius 3 is 2.53 bits per heavy atom. The number of hydrogen-bond acceptors (Lipinski definition) is 3. The molecule has 0 spiro atoms. The van der Waals surface area contributed by atoms with Gasteiger partial charge in [0.1, 0.15) is 12.4 Å². The predicted molar refractivity (Wildman–Crippen MR) is 78.7 cm³/mol. The molecule has 0 aliphatic rings. The minimum Gasteiger partial charge on any atom is -0.486 e. The van der Waals surface area contributed by atoms with Gasteiger partial charge < -0.3 is 10.1 Å². The fourth-order valence-electron chi connectivity index (χ4n) is 1.67. The average molecular weight is 263 g/mol. The highest BCUT2D eigenvalue weighted by molar-refractivity contribution is 5.81. The molecule has 0 unspecified atom stereocenters. The summed E-state index contributed by atoms with van der Waals surface area (Å²) in [6.07, 6.45) is 3.52. The number of rotatable bonds is 9. The van der Waals surface area contributed by atoms with E-state index in [-0.39, 0.29) is 12.4 Å². The first kappa shape index (κ1) is 15.7. The first-order chi connectivity index (χ1) is 9.11. The fraction of sp³-hybridized carbons (Fsp3) is 0.562. The highest BCUT2D eigenvalue weighted by atomic mass is 16.5. The molecule has 0 radical (unpaired) electrons. The van der Waals surface area contributed by atoms with Crippen LogP contribution in [0, 0.1) is 0 Å². The molecular formula is C16H25NO2. The zero-order chi connectivity index (χ0) is 14.1. The number of hydrogen-bond donors (Lipinski definition) is 1. The van der Waals surface area contributed by atoms with Crippen LogP contribution in [-0.2, 0) is 11.2 Å². The van der Waals surface area contributed by atoms with Crippen molar-refractivity contribution in [3.05, 3.63) is 29.8 Å². The van der Waals surface area contributed by atoms with Crippen LogP contribution < -0.4 is 10.1 Å². The lowest BCUT2D eigenvalue weighted by Gasteiger charge is -2.09. The van der Waals surface area contributed by atoms with Gasteiger partial charge in [0.15, 0.2) is 5.78 Å². The lowest BCUT2D eigenvalue weighted by atomic mass is 10.1. The summed E-state index contributed by atoms with van der Waals surface area (Å²) in [5.74, 6) is 0.835. The first-order valence-electron chi connectivity index (χ1n) is 7.08. The summed E-state index contributed by atoms with van der Waals surface area (Å²) < 4.78 is 5.47. The van der Waals surface area contributed by atoms with Crippen molar-refractivity contribution in [3.63, 3.8) is 0 Å². The number of nitrogens with one attached hydrogen (secondary N) is 1. The lowest BCUT2D eigenvalue weighted by molar-refractivity contribution is -0.120. The smallest absolute Gasteiger partial charge is 0.183 e. The van der Waals surface area contributed by atoms with Crippen LogP contribution >= 0.6 is 0 Å². The summed E-state index contributed by atoms with van der Waals surface area (Å²) in [7, 11) is 0. The van der Waals surface area contributed by atoms with Gasteiger partial charge >= 0.3 is 0 Å². The fourth-order valence-corrected chi connectivity index (χ4v) is 1.67. The Morgan fingerprint density at radius 1 is 1.26 bits per heavy atom. The third-order valence-electron chi connectivity index (χ3n) is 2.85. The molecule has 0 aliphatic heterocycles. The standard InChI is InChI=1S/C16H25NO2/c1-4-5-6-14-7-9-16(10-8-14)19-12-15(18)11-17-13(2)3/h7-10,13,17H,4-6,11-12H2,1-3H3. The van der Waals surface area contributed by atoms with Crippen LogP contribution in [0.1, 0.15) is 39.2 Å². The molecule has 0 amide bonds. The molecule has 1 rings (SSSR count). The highest BCUT2D eigenvalue weighted by Crippen LogP contribution is 2.13. The SMILES string of the molecule is CCCCc1ccc(OCC(=O)CNC(C)C)cc1. The molecule has 1 aromatic rings. The van der Waals surface area contributed by atoms with Gasteiger partial charge in [0.25, 0.3) is 0 Å². The summed E-state index contributed by atoms with van der Waals surface area (Å²) >= 11 is 0. The van der Waals surface area contributed by atoms with E-state index in [2.05, 4.69) is 24.4 Å². The number of Topliss-reactive ketones (excluding diaryl/α,β-unsaturated/α-hetero) is 1. The Balaban J connectivity index is 2.31. The minimum absolute atomic E-state index is 0.0729. The molecule has 0 heterocycles. The minimum atomic E-state index is 0.0729. The number of aryl methyl sites for hydroxylation is 1. The molecule has 1 N–H and O–H groups in total. The van der Waals surface area contributed by atoms with Gasteiger partial charge in [-0.3, -0.25) is 4.79 Å². The zero-order valence-electron chi connectivity index (χ0n) is 12.2. The van der Waals surface area contributed by atoms with Crippen LogP contribution in [0.25, 0.3) is 0 Å². The molecule has 0 aromatic heterocycles. The largest absolute Gasteiger partial charge is 0.486 e. The maximum atomic E-state index is 11.5. The molecule has 0 saturated heterocycles. The summed E-state index contributed by atoms with van der Waals surface area (Å²) in [4.78, 5) is 11.5. The zero-order valence-corrected chi connectivity index (χ0v) is 12.2. The first-order valence-corrected chi connectivity index (χ1v) is 7.08. The number of benzene rings is 1. The van der Waals surface area contributed by atoms with E-state index in [0.29, 0.717) is 12.6 Å². The Hall–Kier alpha value is -1.35. The van der Waals surface area contributed by atoms with Gasteiger partial charge in [-0.25, -0.2) is 0 Å². The maximum absolute atomic E-state index is 11.5. The number of carbonyl (C=O) groups excluding carboxylic acids is 1. The molecule has 1 aromatic carbocycles. The van der Waals surface area contributed by atoms with Crippen molar-refractivity contribution in [1.29, 1.82) is 0 Å². The molecule has 0 aliphatic carbocycles. The topological polar surface area (TPSA) is 38.3 Å². The Morgan fingerprint density at radius 2 is 1.95 bits per heavy atom. The average Bonchev–Trinajstić information content (AvgIpc) is 2.41. The molecule has 19 heavy (non-hydrogen) atoms. The van der Waals surface area contributed by atoms with E-state index in [4.69, 9.17) is 4.74 Å². The van der Waals surface area contributed by atoms with Crippen LogP contribution in [0.4, 0.5) is 0 Å². The molecule has 106 valence electrons. The van der Waals surface area contributed by atoms with E-state index < -0.39 is 0 Å². The molecule has 0 saturated carbocycles. The van der Waals surface area contributed by atoms with Gasteiger partial charge in [-0.1, -0.05) is 39.3 Å². The van der Waals surface area contributed by atoms with Crippen LogP contribution in [0.5, 0.6) is 5.75 Å². The Labute approximate surface area is 116 Å². The van der Waals surface area contributed by atoms with E-state index in [1.807, 2.05) is 26.0 Å². The van der Waals surface area contributed by atoms with Gasteiger partial charge in [-0.2, -0.15) is 0 Å². The van der Waals surface area contributed by atoms with Crippen molar-refractivity contribution in [1.82, 2.24) is 5.32 Å². The number of ether oxygens (including phenoxy) is 1. The van der Waals surface area contributed by atoms with Gasteiger partial charge in [0, 0.05) is 6.04 Å². The van der Waals surface area contributed by atoms with Gasteiger partial charge in [0.2, 0.25) is 0 Å². The second-order valence-corrected chi connectivity index (χ2v) is 5.11. The summed E-state index contributed by atoms with van der Waals surface area (Å²) in [5, 5.41) is 3.08. The van der Waals surface area contributed by atoms with Crippen molar-refractivity contribution in [2.75, 3.05) is 13.2 Å². The Bertz CT molecular complexity index is 371. The second-order valence-electron chi connectivity index (χ2n) is 5.11. The maximum Gasteiger partial charge on any atom is 0.183 e. The number of carbonyl (C=O) groups is 1. The summed E-state index contributed by atoms with van der Waals surface area (Å²) in [6, 6.07) is 8.34. The van der Waals surface area contributed by atoms with Gasteiger partial charge in [-0.05, 0) is 30.5 Å². The van der Waals surface area contributed by atoms with Crippen molar-refractivity contribution in [3.8, 4) is 5.75 Å². The van der Waals surface area contributed by atoms with Crippen LogP contribution in [0.15, 0.2) is 24.3 Å².